The molecule has 1 spiro atoms. The zero-order chi connectivity index (χ0) is 19.4. The molecule has 0 unspecified atom stereocenters. The topological polar surface area (TPSA) is 56.7 Å². The number of aliphatic hydroxyl groups excluding tert-OH is 1. The summed E-state index contributed by atoms with van der Waals surface area (Å²) in [5.41, 5.74) is 1.64. The Morgan fingerprint density at radius 1 is 1.29 bits per heavy atom. The zero-order valence-corrected chi connectivity index (χ0v) is 16.9. The van der Waals surface area contributed by atoms with Crippen LogP contribution in [0, 0.1) is 5.41 Å². The summed E-state index contributed by atoms with van der Waals surface area (Å²) in [6, 6.07) is 10.3. The van der Waals surface area contributed by atoms with Crippen molar-refractivity contribution < 1.29 is 9.90 Å². The molecule has 2 aliphatic heterocycles. The van der Waals surface area contributed by atoms with E-state index in [1.165, 1.54) is 17.1 Å². The largest absolute Gasteiger partial charge is 0.392 e. The Kier molecular flexibility index (Phi) is 5.90. The molecule has 1 aromatic carbocycles. The summed E-state index contributed by atoms with van der Waals surface area (Å²) in [4.78, 5) is 17.1. The predicted molar refractivity (Wildman–Crippen MR) is 112 cm³/mol. The van der Waals surface area contributed by atoms with E-state index in [4.69, 9.17) is 0 Å². The number of likely N-dealkylation sites (tertiary alicyclic amines) is 2. The first-order valence-corrected chi connectivity index (χ1v) is 10.8. The number of piperidine rings is 2. The van der Waals surface area contributed by atoms with Crippen molar-refractivity contribution in [2.24, 2.45) is 5.41 Å². The summed E-state index contributed by atoms with van der Waals surface area (Å²) in [6.07, 6.45) is 8.32. The molecule has 2 saturated heterocycles. The summed E-state index contributed by atoms with van der Waals surface area (Å²) >= 11 is 1.30. The molecule has 5 nitrogen and oxygen atoms in total. The SMILES string of the molecule is O=C(c1cnsc1)N1CCC[C@@]2(CN(C/C=C/c3ccccc3)CC[C@H]2O)C1. The van der Waals surface area contributed by atoms with Crippen LogP contribution in [-0.2, 0) is 0 Å². The smallest absolute Gasteiger partial charge is 0.256 e. The van der Waals surface area contributed by atoms with Gasteiger partial charge in [-0.05, 0) is 36.4 Å². The van der Waals surface area contributed by atoms with Crippen LogP contribution in [0.2, 0.25) is 0 Å². The third kappa shape index (κ3) is 4.19. The van der Waals surface area contributed by atoms with E-state index in [0.717, 1.165) is 45.4 Å². The van der Waals surface area contributed by atoms with Gasteiger partial charge in [-0.1, -0.05) is 42.5 Å². The summed E-state index contributed by atoms with van der Waals surface area (Å²) < 4.78 is 4.06. The molecule has 2 aliphatic rings. The highest BCUT2D eigenvalue weighted by molar-refractivity contribution is 7.03. The first kappa shape index (κ1) is 19.3. The van der Waals surface area contributed by atoms with E-state index < -0.39 is 0 Å². The average molecular weight is 398 g/mol. The molecule has 6 heteroatoms. The number of carbonyl (C=O) groups is 1. The molecule has 2 fully saturated rings. The molecule has 4 rings (SSSR count). The maximum atomic E-state index is 12.8. The fraction of sp³-hybridized carbons (Fsp3) is 0.455. The highest BCUT2D eigenvalue weighted by atomic mass is 32.1. The van der Waals surface area contributed by atoms with Gasteiger partial charge >= 0.3 is 0 Å². The molecule has 3 heterocycles. The summed E-state index contributed by atoms with van der Waals surface area (Å²) in [6.45, 7) is 3.98. The number of amides is 1. The Bertz CT molecular complexity index is 808. The molecule has 0 saturated carbocycles. The average Bonchev–Trinajstić information content (AvgIpc) is 3.26. The van der Waals surface area contributed by atoms with Gasteiger partial charge in [0, 0.05) is 43.5 Å². The molecule has 2 atom stereocenters. The van der Waals surface area contributed by atoms with E-state index in [-0.39, 0.29) is 17.4 Å². The Hall–Kier alpha value is -2.02. The first-order valence-electron chi connectivity index (χ1n) is 9.97. The quantitative estimate of drug-likeness (QED) is 0.861. The van der Waals surface area contributed by atoms with E-state index in [0.29, 0.717) is 12.1 Å². The van der Waals surface area contributed by atoms with Gasteiger partial charge in [-0.2, -0.15) is 0 Å². The molecule has 0 radical (unpaired) electrons. The second-order valence-corrected chi connectivity index (χ2v) is 8.62. The van der Waals surface area contributed by atoms with E-state index in [2.05, 4.69) is 33.6 Å². The van der Waals surface area contributed by atoms with Gasteiger partial charge in [-0.15, -0.1) is 0 Å². The Balaban J connectivity index is 1.42. The summed E-state index contributed by atoms with van der Waals surface area (Å²) in [5, 5.41) is 12.6. The molecule has 1 aromatic heterocycles. The number of hydrogen-bond donors (Lipinski definition) is 1. The maximum Gasteiger partial charge on any atom is 0.256 e. The molecule has 1 amide bonds. The number of rotatable bonds is 4. The van der Waals surface area contributed by atoms with Crippen LogP contribution in [0.4, 0.5) is 0 Å². The van der Waals surface area contributed by atoms with Gasteiger partial charge in [0.15, 0.2) is 0 Å². The molecule has 0 aliphatic carbocycles. The molecule has 28 heavy (non-hydrogen) atoms. The Morgan fingerprint density at radius 3 is 2.93 bits per heavy atom. The second kappa shape index (κ2) is 8.55. The highest BCUT2D eigenvalue weighted by Crippen LogP contribution is 2.39. The van der Waals surface area contributed by atoms with Gasteiger partial charge in [-0.3, -0.25) is 9.69 Å². The van der Waals surface area contributed by atoms with Crippen LogP contribution in [-0.4, -0.2) is 64.0 Å². The Labute approximate surface area is 170 Å². The van der Waals surface area contributed by atoms with Crippen molar-refractivity contribution in [1.82, 2.24) is 14.2 Å². The van der Waals surface area contributed by atoms with Gasteiger partial charge in [0.2, 0.25) is 0 Å². The van der Waals surface area contributed by atoms with Crippen LogP contribution in [0.3, 0.4) is 0 Å². The number of aliphatic hydroxyl groups is 1. The number of nitrogens with zero attached hydrogens (tertiary/aromatic N) is 3. The maximum absolute atomic E-state index is 12.8. The minimum Gasteiger partial charge on any atom is -0.392 e. The van der Waals surface area contributed by atoms with Crippen molar-refractivity contribution in [3.8, 4) is 0 Å². The van der Waals surface area contributed by atoms with Crippen molar-refractivity contribution in [3.05, 3.63) is 59.1 Å². The van der Waals surface area contributed by atoms with Gasteiger partial charge in [-0.25, -0.2) is 4.37 Å². The molecular formula is C22H27N3O2S. The lowest BCUT2D eigenvalue weighted by Gasteiger charge is -2.51. The molecule has 1 N–H and O–H groups in total. The summed E-state index contributed by atoms with van der Waals surface area (Å²) in [5.74, 6) is 0.0427. The van der Waals surface area contributed by atoms with Gasteiger partial charge in [0.05, 0.1) is 17.9 Å². The third-order valence-electron chi connectivity index (χ3n) is 6.01. The van der Waals surface area contributed by atoms with Gasteiger partial charge in [0.25, 0.3) is 5.91 Å². The normalized spacial score (nSPS) is 26.2. The van der Waals surface area contributed by atoms with E-state index in [1.807, 2.05) is 28.5 Å². The van der Waals surface area contributed by atoms with Crippen LogP contribution < -0.4 is 0 Å². The molecule has 2 aromatic rings. The van der Waals surface area contributed by atoms with Crippen LogP contribution >= 0.6 is 11.5 Å². The van der Waals surface area contributed by atoms with E-state index in [9.17, 15) is 9.90 Å². The van der Waals surface area contributed by atoms with Crippen LogP contribution in [0.15, 0.2) is 48.0 Å². The van der Waals surface area contributed by atoms with Crippen molar-refractivity contribution in [2.75, 3.05) is 32.7 Å². The van der Waals surface area contributed by atoms with Crippen LogP contribution in [0.5, 0.6) is 0 Å². The molecule has 148 valence electrons. The molecular weight excluding hydrogens is 370 g/mol. The number of carbonyl (C=O) groups excluding carboxylic acids is 1. The van der Waals surface area contributed by atoms with Crippen molar-refractivity contribution in [1.29, 1.82) is 0 Å². The van der Waals surface area contributed by atoms with Crippen LogP contribution in [0.1, 0.15) is 35.2 Å². The number of benzene rings is 1. The lowest BCUT2D eigenvalue weighted by Crippen LogP contribution is -2.59. The number of aromatic nitrogens is 1. The van der Waals surface area contributed by atoms with Crippen LogP contribution in [0.25, 0.3) is 6.08 Å². The Morgan fingerprint density at radius 2 is 2.14 bits per heavy atom. The second-order valence-electron chi connectivity index (χ2n) is 7.96. The van der Waals surface area contributed by atoms with Crippen molar-refractivity contribution in [2.45, 2.75) is 25.4 Å². The predicted octanol–water partition coefficient (Wildman–Crippen LogP) is 3.15. The number of hydrogen-bond acceptors (Lipinski definition) is 5. The lowest BCUT2D eigenvalue weighted by molar-refractivity contribution is -0.0762. The van der Waals surface area contributed by atoms with E-state index >= 15 is 0 Å². The standard InChI is InChI=1S/C22H27N3O2S/c26-20-9-13-24(11-4-8-18-6-2-1-3-7-18)16-22(20)10-5-12-25(17-22)21(27)19-14-23-28-15-19/h1-4,6-8,14-15,20,26H,5,9-13,16-17H2/b8-4+/t20-,22-/m1/s1. The third-order valence-corrected chi connectivity index (χ3v) is 6.60. The fourth-order valence-electron chi connectivity index (χ4n) is 4.53. The highest BCUT2D eigenvalue weighted by Gasteiger charge is 2.46. The van der Waals surface area contributed by atoms with Crippen molar-refractivity contribution in [3.63, 3.8) is 0 Å². The fourth-order valence-corrected chi connectivity index (χ4v) is 5.04. The van der Waals surface area contributed by atoms with Gasteiger partial charge in [0.1, 0.15) is 0 Å². The minimum atomic E-state index is -0.349. The van der Waals surface area contributed by atoms with E-state index in [1.54, 1.807) is 6.20 Å². The lowest BCUT2D eigenvalue weighted by atomic mass is 9.71. The van der Waals surface area contributed by atoms with Gasteiger partial charge < -0.3 is 10.0 Å². The first-order chi connectivity index (χ1) is 13.7. The monoisotopic (exact) mass is 397 g/mol. The summed E-state index contributed by atoms with van der Waals surface area (Å²) in [7, 11) is 0. The molecule has 0 bridgehead atoms. The minimum absolute atomic E-state index is 0.0427. The zero-order valence-electron chi connectivity index (χ0n) is 16.0. The van der Waals surface area contributed by atoms with Crippen molar-refractivity contribution >= 4 is 23.5 Å².